The van der Waals surface area contributed by atoms with Crippen LogP contribution in [-0.4, -0.2) is 29.7 Å². The largest absolute Gasteiger partial charge is 0.433 e. The van der Waals surface area contributed by atoms with Gasteiger partial charge in [0.1, 0.15) is 5.82 Å². The molecule has 0 fully saturated rings. The highest BCUT2D eigenvalue weighted by Gasteiger charge is 2.33. The van der Waals surface area contributed by atoms with E-state index in [1.54, 1.807) is 0 Å². The number of nitrogens with zero attached hydrogens (tertiary/aromatic N) is 2. The number of aromatic nitrogens is 2. The van der Waals surface area contributed by atoms with Gasteiger partial charge >= 0.3 is 6.18 Å². The number of alkyl halides is 3. The number of anilines is 1. The van der Waals surface area contributed by atoms with Crippen molar-refractivity contribution >= 4 is 17.4 Å². The highest BCUT2D eigenvalue weighted by atomic mass is 35.5. The number of rotatable bonds is 7. The first kappa shape index (κ1) is 16.0. The minimum absolute atomic E-state index is 0.0582. The number of hydrogen-bond donors (Lipinski definition) is 1. The lowest BCUT2D eigenvalue weighted by molar-refractivity contribution is -0.141. The Morgan fingerprint density at radius 1 is 1.32 bits per heavy atom. The van der Waals surface area contributed by atoms with Crippen LogP contribution in [-0.2, 0) is 10.9 Å². The van der Waals surface area contributed by atoms with Crippen molar-refractivity contribution in [1.82, 2.24) is 9.97 Å². The van der Waals surface area contributed by atoms with E-state index in [9.17, 15) is 13.2 Å². The van der Waals surface area contributed by atoms with Gasteiger partial charge in [-0.1, -0.05) is 6.92 Å². The summed E-state index contributed by atoms with van der Waals surface area (Å²) in [7, 11) is 0. The van der Waals surface area contributed by atoms with Gasteiger partial charge in [-0.15, -0.1) is 0 Å². The Balaban J connectivity index is 2.48. The summed E-state index contributed by atoms with van der Waals surface area (Å²) in [6.45, 7) is 3.68. The van der Waals surface area contributed by atoms with E-state index in [1.165, 1.54) is 0 Å². The molecule has 0 atom stereocenters. The fourth-order valence-corrected chi connectivity index (χ4v) is 1.47. The molecule has 0 unspecified atom stereocenters. The van der Waals surface area contributed by atoms with Gasteiger partial charge in [-0.05, 0) is 24.4 Å². The molecule has 0 bridgehead atoms. The lowest BCUT2D eigenvalue weighted by Gasteiger charge is -2.09. The average Bonchev–Trinajstić information content (AvgIpc) is 2.32. The zero-order valence-electron chi connectivity index (χ0n) is 10.4. The van der Waals surface area contributed by atoms with Crippen LogP contribution in [0.2, 0.25) is 5.28 Å². The number of nitrogens with one attached hydrogen (secondary N) is 1. The van der Waals surface area contributed by atoms with Gasteiger partial charge in [-0.25, -0.2) is 9.97 Å². The molecule has 1 aromatic heterocycles. The zero-order valence-corrected chi connectivity index (χ0v) is 11.2. The molecule has 0 radical (unpaired) electrons. The predicted molar refractivity (Wildman–Crippen MR) is 66.3 cm³/mol. The molecule has 1 N–H and O–H groups in total. The Hall–Kier alpha value is -1.08. The van der Waals surface area contributed by atoms with Crippen molar-refractivity contribution in [2.24, 2.45) is 0 Å². The monoisotopic (exact) mass is 297 g/mol. The van der Waals surface area contributed by atoms with Crippen molar-refractivity contribution in [2.75, 3.05) is 25.1 Å². The van der Waals surface area contributed by atoms with Crippen LogP contribution >= 0.6 is 11.6 Å². The van der Waals surface area contributed by atoms with Crippen LogP contribution in [0.5, 0.6) is 0 Å². The molecular formula is C11H15ClF3N3O. The summed E-state index contributed by atoms with van der Waals surface area (Å²) < 4.78 is 42.7. The summed E-state index contributed by atoms with van der Waals surface area (Å²) >= 11 is 5.45. The molecule has 0 aliphatic heterocycles. The molecule has 4 nitrogen and oxygen atoms in total. The second-order valence-corrected chi connectivity index (χ2v) is 4.14. The van der Waals surface area contributed by atoms with Crippen LogP contribution in [0.4, 0.5) is 19.0 Å². The molecule has 0 spiro atoms. The van der Waals surface area contributed by atoms with E-state index in [-0.39, 0.29) is 5.82 Å². The van der Waals surface area contributed by atoms with Gasteiger partial charge in [0, 0.05) is 25.8 Å². The second-order valence-electron chi connectivity index (χ2n) is 3.80. The Morgan fingerprint density at radius 3 is 2.68 bits per heavy atom. The number of hydrogen-bond acceptors (Lipinski definition) is 4. The third-order valence-corrected chi connectivity index (χ3v) is 2.28. The van der Waals surface area contributed by atoms with Gasteiger partial charge in [0.15, 0.2) is 5.69 Å². The molecule has 19 heavy (non-hydrogen) atoms. The Morgan fingerprint density at radius 2 is 2.05 bits per heavy atom. The average molecular weight is 298 g/mol. The lowest BCUT2D eigenvalue weighted by Crippen LogP contribution is -2.12. The fraction of sp³-hybridized carbons (Fsp3) is 0.636. The van der Waals surface area contributed by atoms with Crippen LogP contribution in [0.25, 0.3) is 0 Å². The van der Waals surface area contributed by atoms with Crippen molar-refractivity contribution in [2.45, 2.75) is 25.9 Å². The topological polar surface area (TPSA) is 47.0 Å². The minimum Gasteiger partial charge on any atom is -0.381 e. The quantitative estimate of drug-likeness (QED) is 0.619. The highest BCUT2D eigenvalue weighted by molar-refractivity contribution is 6.28. The third kappa shape index (κ3) is 6.07. The normalized spacial score (nSPS) is 11.6. The van der Waals surface area contributed by atoms with Gasteiger partial charge < -0.3 is 10.1 Å². The summed E-state index contributed by atoms with van der Waals surface area (Å²) in [6, 6.07) is 0.832. The highest BCUT2D eigenvalue weighted by Crippen LogP contribution is 2.29. The van der Waals surface area contributed by atoms with E-state index in [1.807, 2.05) is 6.92 Å². The SMILES string of the molecule is CCCOCCCNc1cc(C(F)(F)F)nc(Cl)n1. The van der Waals surface area contributed by atoms with E-state index in [0.717, 1.165) is 12.5 Å². The fourth-order valence-electron chi connectivity index (χ4n) is 1.29. The first-order valence-corrected chi connectivity index (χ1v) is 6.24. The molecule has 8 heteroatoms. The summed E-state index contributed by atoms with van der Waals surface area (Å²) in [5.41, 5.74) is -1.06. The van der Waals surface area contributed by atoms with Crippen LogP contribution in [0.15, 0.2) is 6.07 Å². The maximum atomic E-state index is 12.5. The van der Waals surface area contributed by atoms with Crippen LogP contribution < -0.4 is 5.32 Å². The van der Waals surface area contributed by atoms with E-state index in [4.69, 9.17) is 16.3 Å². The molecule has 0 saturated heterocycles. The minimum atomic E-state index is -4.53. The molecule has 1 heterocycles. The van der Waals surface area contributed by atoms with Crippen molar-refractivity contribution in [3.63, 3.8) is 0 Å². The van der Waals surface area contributed by atoms with Crippen molar-refractivity contribution < 1.29 is 17.9 Å². The van der Waals surface area contributed by atoms with Gasteiger partial charge in [-0.3, -0.25) is 0 Å². The van der Waals surface area contributed by atoms with Crippen LogP contribution in [0.1, 0.15) is 25.5 Å². The van der Waals surface area contributed by atoms with Gasteiger partial charge in [0.2, 0.25) is 5.28 Å². The number of ether oxygens (including phenoxy) is 1. The Kier molecular flexibility index (Phi) is 6.30. The summed E-state index contributed by atoms with van der Waals surface area (Å²) in [5.74, 6) is 0.0582. The van der Waals surface area contributed by atoms with Gasteiger partial charge in [0.25, 0.3) is 0 Å². The second kappa shape index (κ2) is 7.49. The standard InChI is InChI=1S/C11H15ClF3N3O/c1-2-5-19-6-3-4-16-9-7-8(11(13,14)15)17-10(12)18-9/h7H,2-6H2,1H3,(H,16,17,18). The van der Waals surface area contributed by atoms with E-state index >= 15 is 0 Å². The first-order valence-electron chi connectivity index (χ1n) is 5.87. The van der Waals surface area contributed by atoms with E-state index < -0.39 is 17.2 Å². The van der Waals surface area contributed by atoms with Crippen molar-refractivity contribution in [3.8, 4) is 0 Å². The third-order valence-electron chi connectivity index (χ3n) is 2.11. The first-order chi connectivity index (χ1) is 8.93. The Bertz CT molecular complexity index is 401. The summed E-state index contributed by atoms with van der Waals surface area (Å²) in [6.07, 6.45) is -2.93. The molecule has 0 saturated carbocycles. The van der Waals surface area contributed by atoms with E-state index in [0.29, 0.717) is 26.2 Å². The maximum absolute atomic E-state index is 12.5. The molecule has 0 aliphatic carbocycles. The van der Waals surface area contributed by atoms with Crippen molar-refractivity contribution in [1.29, 1.82) is 0 Å². The van der Waals surface area contributed by atoms with Crippen LogP contribution in [0.3, 0.4) is 0 Å². The van der Waals surface area contributed by atoms with Gasteiger partial charge in [-0.2, -0.15) is 13.2 Å². The maximum Gasteiger partial charge on any atom is 0.433 e. The summed E-state index contributed by atoms with van der Waals surface area (Å²) in [5, 5.41) is 2.33. The van der Waals surface area contributed by atoms with Gasteiger partial charge in [0.05, 0.1) is 0 Å². The zero-order chi connectivity index (χ0) is 14.3. The molecule has 1 rings (SSSR count). The molecule has 1 aromatic rings. The molecule has 0 aliphatic rings. The van der Waals surface area contributed by atoms with Crippen molar-refractivity contribution in [3.05, 3.63) is 17.0 Å². The molecule has 0 aromatic carbocycles. The Labute approximate surface area is 114 Å². The number of halogens is 4. The molecular weight excluding hydrogens is 283 g/mol. The van der Waals surface area contributed by atoms with Crippen LogP contribution in [0, 0.1) is 0 Å². The summed E-state index contributed by atoms with van der Waals surface area (Å²) in [4.78, 5) is 6.82. The molecule has 108 valence electrons. The lowest BCUT2D eigenvalue weighted by atomic mass is 10.3. The predicted octanol–water partition coefficient (Wildman–Crippen LogP) is 3.38. The molecule has 0 amide bonds. The smallest absolute Gasteiger partial charge is 0.381 e. The van der Waals surface area contributed by atoms with E-state index in [2.05, 4.69) is 15.3 Å².